The topological polar surface area (TPSA) is 9.23 Å². The second-order valence-electron chi connectivity index (χ2n) is 5.62. The Morgan fingerprint density at radius 3 is 1.59 bits per heavy atom. The second kappa shape index (κ2) is 22.5. The van der Waals surface area contributed by atoms with Gasteiger partial charge in [0.25, 0.3) is 0 Å². The van der Waals surface area contributed by atoms with Gasteiger partial charge < -0.3 is 4.74 Å². The van der Waals surface area contributed by atoms with Gasteiger partial charge in [-0.1, -0.05) is 47.0 Å². The molecule has 1 aliphatic carbocycles. The fraction of sp³-hybridized carbons (Fsp3) is 0.810. The molecule has 1 nitrogen and oxygen atoms in total. The normalized spacial score (nSPS) is 14.7. The first-order chi connectivity index (χ1) is 10.4. The highest BCUT2D eigenvalue weighted by molar-refractivity contribution is 4.74. The Balaban J connectivity index is -0.000000153. The summed E-state index contributed by atoms with van der Waals surface area (Å²) in [7, 11) is 0. The van der Waals surface area contributed by atoms with Crippen molar-refractivity contribution in [3.8, 4) is 12.3 Å². The summed E-state index contributed by atoms with van der Waals surface area (Å²) in [5.41, 5.74) is 0.0247. The van der Waals surface area contributed by atoms with Crippen LogP contribution < -0.4 is 0 Å². The molecule has 22 heavy (non-hydrogen) atoms. The average Bonchev–Trinajstić information content (AvgIpc) is 2.53. The van der Waals surface area contributed by atoms with Gasteiger partial charge in [-0.05, 0) is 53.4 Å². The lowest BCUT2D eigenvalue weighted by Gasteiger charge is -2.32. The third kappa shape index (κ3) is 24.3. The van der Waals surface area contributed by atoms with E-state index in [0.717, 1.165) is 5.92 Å². The van der Waals surface area contributed by atoms with E-state index < -0.39 is 0 Å². The van der Waals surface area contributed by atoms with Crippen LogP contribution in [0, 0.1) is 18.3 Å². The summed E-state index contributed by atoms with van der Waals surface area (Å²) in [5.74, 6) is 3.06. The van der Waals surface area contributed by atoms with E-state index in [9.17, 15) is 0 Å². The van der Waals surface area contributed by atoms with Crippen LogP contribution in [0.15, 0.2) is 13.2 Å². The maximum Gasteiger partial charge on any atom is 0.0602 e. The van der Waals surface area contributed by atoms with Crippen LogP contribution in [0.3, 0.4) is 0 Å². The van der Waals surface area contributed by atoms with Gasteiger partial charge >= 0.3 is 0 Å². The highest BCUT2D eigenvalue weighted by Gasteiger charge is 2.24. The Bertz CT molecular complexity index is 213. The molecule has 1 heteroatoms. The van der Waals surface area contributed by atoms with Crippen molar-refractivity contribution in [2.45, 2.75) is 106 Å². The van der Waals surface area contributed by atoms with Crippen molar-refractivity contribution in [1.29, 1.82) is 0 Å². The third-order valence-electron chi connectivity index (χ3n) is 2.85. The Labute approximate surface area is 142 Å². The summed E-state index contributed by atoms with van der Waals surface area (Å²) >= 11 is 0. The van der Waals surface area contributed by atoms with E-state index in [0.29, 0.717) is 6.10 Å². The van der Waals surface area contributed by atoms with Gasteiger partial charge in [0, 0.05) is 0 Å². The zero-order valence-electron chi connectivity index (χ0n) is 17.1. The lowest BCUT2D eigenvalue weighted by Crippen LogP contribution is -2.31. The molecule has 0 aromatic heterocycles. The van der Waals surface area contributed by atoms with E-state index in [1.54, 1.807) is 6.92 Å². The van der Waals surface area contributed by atoms with E-state index in [1.807, 2.05) is 27.7 Å². The molecule has 0 saturated heterocycles. The summed E-state index contributed by atoms with van der Waals surface area (Å²) in [6.45, 7) is 24.3. The van der Waals surface area contributed by atoms with Crippen molar-refractivity contribution in [3.05, 3.63) is 13.2 Å². The van der Waals surface area contributed by atoms with Gasteiger partial charge in [-0.25, -0.2) is 0 Å². The fourth-order valence-electron chi connectivity index (χ4n) is 2.26. The van der Waals surface area contributed by atoms with Gasteiger partial charge in [0.1, 0.15) is 0 Å². The largest absolute Gasteiger partial charge is 0.373 e. The van der Waals surface area contributed by atoms with Crippen LogP contribution in [0.1, 0.15) is 94.4 Å². The Kier molecular flexibility index (Phi) is 30.0. The fourth-order valence-corrected chi connectivity index (χ4v) is 2.26. The van der Waals surface area contributed by atoms with Gasteiger partial charge in [0.15, 0.2) is 0 Å². The first-order valence-corrected chi connectivity index (χ1v) is 8.96. The second-order valence-corrected chi connectivity index (χ2v) is 5.62. The van der Waals surface area contributed by atoms with Gasteiger partial charge in [-0.15, -0.1) is 25.5 Å². The van der Waals surface area contributed by atoms with Crippen LogP contribution >= 0.6 is 0 Å². The predicted molar refractivity (Wildman–Crippen MR) is 105 cm³/mol. The zero-order chi connectivity index (χ0) is 18.6. The number of hydrogen-bond acceptors (Lipinski definition) is 1. The standard InChI is InChI=1S/C12H24O.C3H4.2C2H6.C2H4/c1-10(13-12(2,3)4)11-8-6-5-7-9-11;1-3-2;3*1-2/h10-11H,5-9H2,1-4H3;1H,2H3;2*1-2H3;1-2H2. The van der Waals surface area contributed by atoms with Gasteiger partial charge in [-0.2, -0.15) is 0 Å². The molecule has 0 aromatic rings. The molecule has 1 rings (SSSR count). The molecule has 1 unspecified atom stereocenters. The molecule has 0 bridgehead atoms. The van der Waals surface area contributed by atoms with Crippen LogP contribution in [-0.4, -0.2) is 11.7 Å². The SMILES string of the molecule is C#CC.C=C.CC.CC.CC(OC(C)(C)C)C1CCCCC1. The highest BCUT2D eigenvalue weighted by Crippen LogP contribution is 2.29. The Hall–Kier alpha value is -0.740. The van der Waals surface area contributed by atoms with Crippen LogP contribution in [0.5, 0.6) is 0 Å². The van der Waals surface area contributed by atoms with Crippen LogP contribution in [0.25, 0.3) is 0 Å². The molecule has 0 aliphatic heterocycles. The van der Waals surface area contributed by atoms with E-state index in [1.165, 1.54) is 32.1 Å². The van der Waals surface area contributed by atoms with Crippen molar-refractivity contribution >= 4 is 0 Å². The van der Waals surface area contributed by atoms with Gasteiger partial charge in [0.05, 0.1) is 11.7 Å². The molecule has 0 N–H and O–H groups in total. The van der Waals surface area contributed by atoms with Crippen molar-refractivity contribution < 1.29 is 4.74 Å². The number of terminal acetylenes is 1. The monoisotopic (exact) mass is 312 g/mol. The van der Waals surface area contributed by atoms with Crippen LogP contribution in [0.2, 0.25) is 0 Å². The molecule has 0 heterocycles. The zero-order valence-corrected chi connectivity index (χ0v) is 17.1. The van der Waals surface area contributed by atoms with E-state index in [4.69, 9.17) is 4.74 Å². The van der Waals surface area contributed by atoms with Crippen LogP contribution in [0.4, 0.5) is 0 Å². The smallest absolute Gasteiger partial charge is 0.0602 e. The first-order valence-electron chi connectivity index (χ1n) is 8.96. The number of hydrogen-bond donors (Lipinski definition) is 0. The van der Waals surface area contributed by atoms with E-state index >= 15 is 0 Å². The average molecular weight is 313 g/mol. The lowest BCUT2D eigenvalue weighted by atomic mass is 9.85. The Morgan fingerprint density at radius 2 is 1.32 bits per heavy atom. The molecule has 0 spiro atoms. The molecule has 0 amide bonds. The molecule has 1 fully saturated rings. The van der Waals surface area contributed by atoms with E-state index in [-0.39, 0.29) is 5.60 Å². The molecular formula is C21H44O. The van der Waals surface area contributed by atoms with Crippen molar-refractivity contribution in [2.24, 2.45) is 5.92 Å². The molecule has 1 aliphatic rings. The predicted octanol–water partition coefficient (Wildman–Crippen LogP) is 7.26. The molecular weight excluding hydrogens is 268 g/mol. The minimum Gasteiger partial charge on any atom is -0.373 e. The van der Waals surface area contributed by atoms with Crippen molar-refractivity contribution in [2.75, 3.05) is 0 Å². The number of rotatable bonds is 2. The first kappa shape index (κ1) is 29.3. The summed E-state index contributed by atoms with van der Waals surface area (Å²) in [5, 5.41) is 0. The minimum atomic E-state index is 0.0247. The van der Waals surface area contributed by atoms with Gasteiger partial charge in [0.2, 0.25) is 0 Å². The van der Waals surface area contributed by atoms with Crippen molar-refractivity contribution in [3.63, 3.8) is 0 Å². The Morgan fingerprint density at radius 1 is 1.00 bits per heavy atom. The molecule has 1 atom stereocenters. The molecule has 0 radical (unpaired) electrons. The molecule has 0 aromatic carbocycles. The van der Waals surface area contributed by atoms with Gasteiger partial charge in [-0.3, -0.25) is 0 Å². The minimum absolute atomic E-state index is 0.0247. The third-order valence-corrected chi connectivity index (χ3v) is 2.85. The van der Waals surface area contributed by atoms with Crippen molar-refractivity contribution in [1.82, 2.24) is 0 Å². The quantitative estimate of drug-likeness (QED) is 0.385. The van der Waals surface area contributed by atoms with E-state index in [2.05, 4.69) is 53.2 Å². The molecule has 134 valence electrons. The maximum atomic E-state index is 5.98. The lowest BCUT2D eigenvalue weighted by molar-refractivity contribution is -0.0817. The summed E-state index contributed by atoms with van der Waals surface area (Å²) < 4.78 is 5.98. The highest BCUT2D eigenvalue weighted by atomic mass is 16.5. The summed E-state index contributed by atoms with van der Waals surface area (Å²) in [6, 6.07) is 0. The summed E-state index contributed by atoms with van der Waals surface area (Å²) in [6.07, 6.45) is 12.0. The number of ether oxygens (including phenoxy) is 1. The molecule has 1 saturated carbocycles. The maximum absolute atomic E-state index is 5.98. The summed E-state index contributed by atoms with van der Waals surface area (Å²) in [4.78, 5) is 0. The van der Waals surface area contributed by atoms with Crippen LogP contribution in [-0.2, 0) is 4.74 Å².